The number of aliphatic hydroxyl groups excluding tert-OH is 1. The Balaban J connectivity index is 1.87. The van der Waals surface area contributed by atoms with Gasteiger partial charge in [0.25, 0.3) is 0 Å². The molecule has 130 valence electrons. The summed E-state index contributed by atoms with van der Waals surface area (Å²) < 4.78 is 19.1. The van der Waals surface area contributed by atoms with Gasteiger partial charge in [0.2, 0.25) is 0 Å². The Morgan fingerprint density at radius 2 is 1.88 bits per heavy atom. The van der Waals surface area contributed by atoms with Gasteiger partial charge in [-0.3, -0.25) is 0 Å². The van der Waals surface area contributed by atoms with E-state index in [4.69, 9.17) is 4.74 Å². The van der Waals surface area contributed by atoms with Gasteiger partial charge >= 0.3 is 0 Å². The second-order valence-corrected chi connectivity index (χ2v) is 5.93. The fourth-order valence-electron chi connectivity index (χ4n) is 2.51. The quantitative estimate of drug-likeness (QED) is 0.716. The molecule has 0 saturated heterocycles. The van der Waals surface area contributed by atoms with Crippen LogP contribution in [0, 0.1) is 5.82 Å². The zero-order chi connectivity index (χ0) is 17.4. The lowest BCUT2D eigenvalue weighted by Gasteiger charge is -2.17. The molecule has 2 N–H and O–H groups in total. The molecule has 2 atom stereocenters. The number of benzene rings is 2. The third kappa shape index (κ3) is 5.32. The van der Waals surface area contributed by atoms with Crippen molar-refractivity contribution in [2.45, 2.75) is 38.8 Å². The molecule has 0 aromatic heterocycles. The Bertz CT molecular complexity index is 618. The Hall–Kier alpha value is -1.91. The first kappa shape index (κ1) is 18.4. The maximum Gasteiger partial charge on any atom is 0.165 e. The highest BCUT2D eigenvalue weighted by Crippen LogP contribution is 2.25. The van der Waals surface area contributed by atoms with Gasteiger partial charge in [0.15, 0.2) is 11.6 Å². The molecule has 0 bridgehead atoms. The predicted octanol–water partition coefficient (Wildman–Crippen LogP) is 4.39. The van der Waals surface area contributed by atoms with Crippen LogP contribution in [0.1, 0.15) is 50.0 Å². The van der Waals surface area contributed by atoms with E-state index in [-0.39, 0.29) is 11.8 Å². The van der Waals surface area contributed by atoms with E-state index in [0.717, 1.165) is 6.42 Å². The molecule has 0 aliphatic rings. The van der Waals surface area contributed by atoms with Crippen molar-refractivity contribution in [2.75, 3.05) is 13.2 Å². The summed E-state index contributed by atoms with van der Waals surface area (Å²) in [5.74, 6) is -0.186. The van der Waals surface area contributed by atoms with Crippen LogP contribution in [0.15, 0.2) is 48.5 Å². The van der Waals surface area contributed by atoms with Crippen LogP contribution in [0.2, 0.25) is 0 Å². The van der Waals surface area contributed by atoms with Gasteiger partial charge in [0.05, 0.1) is 12.7 Å². The van der Waals surface area contributed by atoms with Crippen molar-refractivity contribution < 1.29 is 14.2 Å². The van der Waals surface area contributed by atoms with Crippen molar-refractivity contribution >= 4 is 0 Å². The molecule has 0 heterocycles. The highest BCUT2D eigenvalue weighted by molar-refractivity contribution is 5.31. The molecule has 0 radical (unpaired) electrons. The van der Waals surface area contributed by atoms with Crippen LogP contribution in [0.3, 0.4) is 0 Å². The third-order valence-corrected chi connectivity index (χ3v) is 3.97. The van der Waals surface area contributed by atoms with Gasteiger partial charge < -0.3 is 15.2 Å². The molecular weight excluding hydrogens is 305 g/mol. The first-order valence-electron chi connectivity index (χ1n) is 8.50. The Labute approximate surface area is 143 Å². The SMILES string of the molecule is CCCOc1cc(C(O)CCN[C@@H](C)c2ccccc2)ccc1F. The van der Waals surface area contributed by atoms with Crippen molar-refractivity contribution in [3.8, 4) is 5.75 Å². The number of nitrogens with one attached hydrogen (secondary N) is 1. The number of hydrogen-bond donors (Lipinski definition) is 2. The molecule has 0 spiro atoms. The highest BCUT2D eigenvalue weighted by Gasteiger charge is 2.12. The van der Waals surface area contributed by atoms with E-state index in [9.17, 15) is 9.50 Å². The molecule has 0 fully saturated rings. The fraction of sp³-hybridized carbons (Fsp3) is 0.400. The first-order chi connectivity index (χ1) is 11.6. The van der Waals surface area contributed by atoms with Crippen molar-refractivity contribution in [2.24, 2.45) is 0 Å². The van der Waals surface area contributed by atoms with Crippen LogP contribution in [-0.2, 0) is 0 Å². The Morgan fingerprint density at radius 3 is 2.58 bits per heavy atom. The Kier molecular flexibility index (Phi) is 7.22. The zero-order valence-electron chi connectivity index (χ0n) is 14.3. The minimum atomic E-state index is -0.648. The summed E-state index contributed by atoms with van der Waals surface area (Å²) >= 11 is 0. The number of rotatable bonds is 9. The summed E-state index contributed by atoms with van der Waals surface area (Å²) in [6.45, 7) is 5.19. The summed E-state index contributed by atoms with van der Waals surface area (Å²) in [6.07, 6.45) is 0.717. The van der Waals surface area contributed by atoms with Crippen LogP contribution in [0.5, 0.6) is 5.75 Å². The fourth-order valence-corrected chi connectivity index (χ4v) is 2.51. The summed E-state index contributed by atoms with van der Waals surface area (Å²) in [5.41, 5.74) is 1.89. The van der Waals surface area contributed by atoms with Crippen LogP contribution >= 0.6 is 0 Å². The molecule has 0 aliphatic heterocycles. The summed E-state index contributed by atoms with van der Waals surface area (Å²) in [6, 6.07) is 14.9. The van der Waals surface area contributed by atoms with Crippen molar-refractivity contribution in [3.05, 3.63) is 65.5 Å². The number of hydrogen-bond acceptors (Lipinski definition) is 3. The van der Waals surface area contributed by atoms with Gasteiger partial charge in [-0.15, -0.1) is 0 Å². The van der Waals surface area contributed by atoms with Crippen LogP contribution in [0.25, 0.3) is 0 Å². The molecule has 4 heteroatoms. The second kappa shape index (κ2) is 9.40. The average molecular weight is 331 g/mol. The molecule has 0 amide bonds. The Morgan fingerprint density at radius 1 is 1.12 bits per heavy atom. The largest absolute Gasteiger partial charge is 0.491 e. The molecule has 2 rings (SSSR count). The lowest BCUT2D eigenvalue weighted by atomic mass is 10.0. The molecule has 2 aromatic rings. The van der Waals surface area contributed by atoms with Crippen molar-refractivity contribution in [1.82, 2.24) is 5.32 Å². The maximum absolute atomic E-state index is 13.7. The van der Waals surface area contributed by atoms with Crippen molar-refractivity contribution in [3.63, 3.8) is 0 Å². The van der Waals surface area contributed by atoms with Gasteiger partial charge in [0.1, 0.15) is 0 Å². The van der Waals surface area contributed by atoms with Gasteiger partial charge in [0, 0.05) is 6.04 Å². The van der Waals surface area contributed by atoms with E-state index in [1.807, 2.05) is 25.1 Å². The van der Waals surface area contributed by atoms with E-state index in [1.165, 1.54) is 11.6 Å². The molecule has 0 aliphatic carbocycles. The van der Waals surface area contributed by atoms with Gasteiger partial charge in [-0.25, -0.2) is 4.39 Å². The van der Waals surface area contributed by atoms with Crippen molar-refractivity contribution in [1.29, 1.82) is 0 Å². The monoisotopic (exact) mass is 331 g/mol. The lowest BCUT2D eigenvalue weighted by molar-refractivity contribution is 0.165. The minimum absolute atomic E-state index is 0.207. The average Bonchev–Trinajstić information content (AvgIpc) is 2.61. The van der Waals surface area contributed by atoms with Crippen LogP contribution in [0.4, 0.5) is 4.39 Å². The number of aliphatic hydroxyl groups is 1. The lowest BCUT2D eigenvalue weighted by Crippen LogP contribution is -2.21. The summed E-state index contributed by atoms with van der Waals surface area (Å²) in [5, 5.41) is 13.7. The highest BCUT2D eigenvalue weighted by atomic mass is 19.1. The van der Waals surface area contributed by atoms with E-state index in [0.29, 0.717) is 25.1 Å². The maximum atomic E-state index is 13.7. The van der Waals surface area contributed by atoms with Gasteiger partial charge in [-0.05, 0) is 49.6 Å². The first-order valence-corrected chi connectivity index (χ1v) is 8.50. The smallest absolute Gasteiger partial charge is 0.165 e. The van der Waals surface area contributed by atoms with Crippen LogP contribution in [-0.4, -0.2) is 18.3 Å². The predicted molar refractivity (Wildman–Crippen MR) is 94.6 cm³/mol. The third-order valence-electron chi connectivity index (χ3n) is 3.97. The van der Waals surface area contributed by atoms with Gasteiger partial charge in [-0.2, -0.15) is 0 Å². The molecule has 1 unspecified atom stereocenters. The van der Waals surface area contributed by atoms with E-state index >= 15 is 0 Å². The van der Waals surface area contributed by atoms with E-state index in [1.54, 1.807) is 12.1 Å². The summed E-state index contributed by atoms with van der Waals surface area (Å²) in [4.78, 5) is 0. The molecule has 3 nitrogen and oxygen atoms in total. The zero-order valence-corrected chi connectivity index (χ0v) is 14.3. The van der Waals surface area contributed by atoms with Gasteiger partial charge in [-0.1, -0.05) is 43.3 Å². The van der Waals surface area contributed by atoms with E-state index in [2.05, 4.69) is 24.4 Å². The topological polar surface area (TPSA) is 41.5 Å². The second-order valence-electron chi connectivity index (χ2n) is 5.93. The number of halogens is 1. The molecule has 2 aromatic carbocycles. The minimum Gasteiger partial charge on any atom is -0.491 e. The molecule has 0 saturated carbocycles. The standard InChI is InChI=1S/C20H26FNO2/c1-3-13-24-20-14-17(9-10-18(20)21)19(23)11-12-22-15(2)16-7-5-4-6-8-16/h4-10,14-15,19,22-23H,3,11-13H2,1-2H3/t15-,19?/m0/s1. The molecule has 24 heavy (non-hydrogen) atoms. The van der Waals surface area contributed by atoms with E-state index < -0.39 is 11.9 Å². The molecular formula is C20H26FNO2. The summed E-state index contributed by atoms with van der Waals surface area (Å²) in [7, 11) is 0. The normalized spacial score (nSPS) is 13.5. The van der Waals surface area contributed by atoms with Crippen LogP contribution < -0.4 is 10.1 Å². The number of ether oxygens (including phenoxy) is 1.